The molecule has 0 saturated carbocycles. The third-order valence-corrected chi connectivity index (χ3v) is 7.50. The molecule has 39 heavy (non-hydrogen) atoms. The lowest BCUT2D eigenvalue weighted by molar-refractivity contribution is -0.154. The molecule has 0 aliphatic carbocycles. The predicted molar refractivity (Wildman–Crippen MR) is 152 cm³/mol. The van der Waals surface area contributed by atoms with E-state index in [9.17, 15) is 19.6 Å². The molecular weight excluding hydrogens is 518 g/mol. The van der Waals surface area contributed by atoms with Crippen LogP contribution in [0.15, 0.2) is 42.5 Å². The van der Waals surface area contributed by atoms with Gasteiger partial charge in [-0.1, -0.05) is 49.7 Å². The van der Waals surface area contributed by atoms with E-state index in [4.69, 9.17) is 16.3 Å². The molecule has 2 N–H and O–H groups in total. The number of nitrogens with one attached hydrogen (secondary N) is 1. The molecule has 2 aromatic rings. The third kappa shape index (κ3) is 7.31. The average Bonchev–Trinajstić information content (AvgIpc) is 3.16. The van der Waals surface area contributed by atoms with Gasteiger partial charge in [0.1, 0.15) is 5.78 Å². The fraction of sp³-hybridized carbons (Fsp3) is 0.500. The molecule has 0 radical (unpaired) electrons. The molecule has 0 saturated heterocycles. The number of carbonyl (C=O) groups is 3. The summed E-state index contributed by atoms with van der Waals surface area (Å²) >= 11 is 6.13. The number of Topliss-reactive ketones (excluding diaryl/α,β-unsaturated/α-hetero) is 1. The molecule has 2 atom stereocenters. The minimum Gasteiger partial charge on any atom is -0.466 e. The maximum atomic E-state index is 13.9. The smallest absolute Gasteiger partial charge is 0.340 e. The monoisotopic (exact) mass is 557 g/mol. The van der Waals surface area contributed by atoms with Crippen LogP contribution in [-0.4, -0.2) is 54.3 Å². The summed E-state index contributed by atoms with van der Waals surface area (Å²) in [6.45, 7) is 10.6. The van der Waals surface area contributed by atoms with Crippen LogP contribution in [0, 0.1) is 5.41 Å². The number of fused-ring (bicyclic) bond motifs is 1. The van der Waals surface area contributed by atoms with Crippen molar-refractivity contribution >= 4 is 35.1 Å². The number of amides is 2. The summed E-state index contributed by atoms with van der Waals surface area (Å²) in [5.41, 5.74) is 3.20. The van der Waals surface area contributed by atoms with Crippen molar-refractivity contribution in [2.45, 2.75) is 71.9 Å². The van der Waals surface area contributed by atoms with Crippen LogP contribution in [0.1, 0.15) is 76.0 Å². The lowest BCUT2D eigenvalue weighted by atomic mass is 9.78. The Labute approximate surface area is 236 Å². The molecule has 1 aliphatic heterocycles. The number of urea groups is 1. The zero-order valence-electron chi connectivity index (χ0n) is 23.7. The number of hydrogen-bond donors (Lipinski definition) is 2. The van der Waals surface area contributed by atoms with Crippen LogP contribution in [0.5, 0.6) is 0 Å². The Morgan fingerprint density at radius 3 is 2.41 bits per heavy atom. The summed E-state index contributed by atoms with van der Waals surface area (Å²) in [5, 5.41) is 13.0. The van der Waals surface area contributed by atoms with Crippen LogP contribution in [0.25, 0.3) is 0 Å². The molecular formula is C30H40ClN3O5. The van der Waals surface area contributed by atoms with Gasteiger partial charge in [0.15, 0.2) is 0 Å². The van der Waals surface area contributed by atoms with Crippen LogP contribution >= 0.6 is 11.6 Å². The predicted octanol–water partition coefficient (Wildman–Crippen LogP) is 5.91. The number of benzene rings is 2. The summed E-state index contributed by atoms with van der Waals surface area (Å²) in [6, 6.07) is 12.9. The van der Waals surface area contributed by atoms with E-state index in [1.807, 2.05) is 38.1 Å². The van der Waals surface area contributed by atoms with Gasteiger partial charge >= 0.3 is 12.0 Å². The van der Waals surface area contributed by atoms with Gasteiger partial charge in [-0.05, 0) is 68.0 Å². The molecule has 0 spiro atoms. The minimum atomic E-state index is -0.839. The summed E-state index contributed by atoms with van der Waals surface area (Å²) < 4.78 is 5.39. The van der Waals surface area contributed by atoms with Crippen molar-refractivity contribution in [3.8, 4) is 0 Å². The van der Waals surface area contributed by atoms with Gasteiger partial charge in [-0.25, -0.2) is 9.86 Å². The number of hydrogen-bond acceptors (Lipinski definition) is 6. The van der Waals surface area contributed by atoms with Crippen LogP contribution < -0.4 is 10.2 Å². The van der Waals surface area contributed by atoms with E-state index in [2.05, 4.69) is 42.3 Å². The highest BCUT2D eigenvalue weighted by atomic mass is 35.5. The average molecular weight is 558 g/mol. The summed E-state index contributed by atoms with van der Waals surface area (Å²) in [5.74, 6) is -0.588. The van der Waals surface area contributed by atoms with Crippen molar-refractivity contribution < 1.29 is 24.3 Å². The van der Waals surface area contributed by atoms with Gasteiger partial charge in [0.05, 0.1) is 17.9 Å². The fourth-order valence-corrected chi connectivity index (χ4v) is 5.23. The number of anilines is 1. The standard InChI is InChI=1S/C30H40ClN3O5/c1-7-39-28(36)30(4,5)17-25-27(26(35)14-15-32-29(37)33(6)38)23-16-21(19(2)3)10-13-24(23)34(25)18-20-8-11-22(31)12-9-20/h8-13,16,19,25,27,38H,7,14-15,17-18H2,1-6H3,(H,32,37). The van der Waals surface area contributed by atoms with Gasteiger partial charge in [-0.3, -0.25) is 14.8 Å². The molecule has 0 aromatic heterocycles. The van der Waals surface area contributed by atoms with E-state index >= 15 is 0 Å². The zero-order valence-corrected chi connectivity index (χ0v) is 24.4. The number of halogens is 1. The summed E-state index contributed by atoms with van der Waals surface area (Å²) in [6.07, 6.45) is 0.480. The van der Waals surface area contributed by atoms with Crippen molar-refractivity contribution in [1.29, 1.82) is 0 Å². The van der Waals surface area contributed by atoms with Crippen molar-refractivity contribution in [2.75, 3.05) is 25.1 Å². The van der Waals surface area contributed by atoms with Gasteiger partial charge in [-0.15, -0.1) is 0 Å². The third-order valence-electron chi connectivity index (χ3n) is 7.25. The summed E-state index contributed by atoms with van der Waals surface area (Å²) in [4.78, 5) is 40.9. The highest BCUT2D eigenvalue weighted by Crippen LogP contribution is 2.47. The van der Waals surface area contributed by atoms with Gasteiger partial charge in [-0.2, -0.15) is 0 Å². The largest absolute Gasteiger partial charge is 0.466 e. The lowest BCUT2D eigenvalue weighted by Crippen LogP contribution is -2.43. The quantitative estimate of drug-likeness (QED) is 0.202. The van der Waals surface area contributed by atoms with E-state index in [0.29, 0.717) is 23.1 Å². The second kappa shape index (κ2) is 12.8. The number of nitrogens with zero attached hydrogens (tertiary/aromatic N) is 2. The Morgan fingerprint density at radius 1 is 1.15 bits per heavy atom. The zero-order chi connectivity index (χ0) is 28.9. The Kier molecular flexibility index (Phi) is 10.0. The van der Waals surface area contributed by atoms with E-state index in [1.165, 1.54) is 7.05 Å². The molecule has 1 heterocycles. The first-order chi connectivity index (χ1) is 18.4. The fourth-order valence-electron chi connectivity index (χ4n) is 5.11. The Bertz CT molecular complexity index is 1180. The van der Waals surface area contributed by atoms with Crippen LogP contribution in [0.3, 0.4) is 0 Å². The molecule has 1 aliphatic rings. The highest BCUT2D eigenvalue weighted by molar-refractivity contribution is 6.30. The number of ether oxygens (including phenoxy) is 1. The second-order valence-corrected chi connectivity index (χ2v) is 11.5. The topological polar surface area (TPSA) is 99.2 Å². The summed E-state index contributed by atoms with van der Waals surface area (Å²) in [7, 11) is 1.22. The van der Waals surface area contributed by atoms with Crippen molar-refractivity contribution in [1.82, 2.24) is 10.4 Å². The number of rotatable bonds is 11. The van der Waals surface area contributed by atoms with Crippen LogP contribution in [-0.2, 0) is 20.9 Å². The minimum absolute atomic E-state index is 0.0405. The molecule has 2 aromatic carbocycles. The van der Waals surface area contributed by atoms with Crippen molar-refractivity contribution in [2.24, 2.45) is 5.41 Å². The molecule has 3 rings (SSSR count). The first kappa shape index (κ1) is 30.4. The molecule has 0 fully saturated rings. The Balaban J connectivity index is 2.05. The van der Waals surface area contributed by atoms with Crippen LogP contribution in [0.4, 0.5) is 10.5 Å². The Morgan fingerprint density at radius 2 is 1.82 bits per heavy atom. The van der Waals surface area contributed by atoms with Gasteiger partial charge in [0, 0.05) is 43.3 Å². The number of ketones is 1. The van der Waals surface area contributed by atoms with E-state index in [1.54, 1.807) is 6.92 Å². The number of hydroxylamine groups is 2. The van der Waals surface area contributed by atoms with E-state index in [-0.39, 0.29) is 43.3 Å². The van der Waals surface area contributed by atoms with Crippen molar-refractivity contribution in [3.05, 3.63) is 64.2 Å². The van der Waals surface area contributed by atoms with Gasteiger partial charge in [0.2, 0.25) is 0 Å². The highest BCUT2D eigenvalue weighted by Gasteiger charge is 2.46. The SMILES string of the molecule is CCOC(=O)C(C)(C)CC1C(C(=O)CCNC(=O)N(C)O)c2cc(C(C)C)ccc2N1Cc1ccc(Cl)cc1. The van der Waals surface area contributed by atoms with Gasteiger partial charge < -0.3 is 15.0 Å². The molecule has 2 unspecified atom stereocenters. The molecule has 8 nitrogen and oxygen atoms in total. The maximum absolute atomic E-state index is 13.9. The second-order valence-electron chi connectivity index (χ2n) is 11.1. The van der Waals surface area contributed by atoms with Crippen LogP contribution in [0.2, 0.25) is 5.02 Å². The van der Waals surface area contributed by atoms with E-state index < -0.39 is 17.4 Å². The number of esters is 1. The molecule has 0 bridgehead atoms. The first-order valence-corrected chi connectivity index (χ1v) is 13.8. The molecule has 2 amide bonds. The molecule has 212 valence electrons. The normalized spacial score (nSPS) is 16.7. The molecule has 9 heteroatoms. The van der Waals surface area contributed by atoms with Crippen molar-refractivity contribution in [3.63, 3.8) is 0 Å². The first-order valence-electron chi connectivity index (χ1n) is 13.4. The Hall–Kier alpha value is -3.10. The number of carbonyl (C=O) groups excluding carboxylic acids is 3. The van der Waals surface area contributed by atoms with E-state index in [0.717, 1.165) is 22.4 Å². The van der Waals surface area contributed by atoms with Gasteiger partial charge in [0.25, 0.3) is 0 Å². The maximum Gasteiger partial charge on any atom is 0.340 e. The lowest BCUT2D eigenvalue weighted by Gasteiger charge is -2.35.